The van der Waals surface area contributed by atoms with Crippen molar-refractivity contribution in [3.63, 3.8) is 0 Å². The van der Waals surface area contributed by atoms with Gasteiger partial charge in [-0.05, 0) is 45.0 Å². The monoisotopic (exact) mass is 322 g/mol. The molecule has 1 heterocycles. The Labute approximate surface area is 120 Å². The summed E-state index contributed by atoms with van der Waals surface area (Å²) in [5.41, 5.74) is 1.12. The summed E-state index contributed by atoms with van der Waals surface area (Å²) in [4.78, 5) is 12.6. The summed E-state index contributed by atoms with van der Waals surface area (Å²) in [5.74, 6) is 1.87. The van der Waals surface area contributed by atoms with E-state index in [9.17, 15) is 4.79 Å². The highest BCUT2D eigenvalue weighted by molar-refractivity contribution is 9.10. The second-order valence-electron chi connectivity index (χ2n) is 4.23. The number of hydrogen-bond donors (Lipinski definition) is 0. The predicted octanol–water partition coefficient (Wildman–Crippen LogP) is 4.29. The lowest BCUT2D eigenvalue weighted by Gasteiger charge is -2.09. The molecule has 2 aromatic rings. The van der Waals surface area contributed by atoms with Gasteiger partial charge in [-0.3, -0.25) is 4.79 Å². The molecule has 0 aliphatic heterocycles. The fourth-order valence-corrected chi connectivity index (χ4v) is 2.32. The Bertz CT molecular complexity index is 614. The van der Waals surface area contributed by atoms with E-state index in [0.29, 0.717) is 29.2 Å². The third kappa shape index (κ3) is 2.89. The molecule has 0 saturated carbocycles. The molecule has 1 aromatic carbocycles. The van der Waals surface area contributed by atoms with Gasteiger partial charge in [0, 0.05) is 4.47 Å². The number of ketones is 1. The second-order valence-corrected chi connectivity index (χ2v) is 5.15. The van der Waals surface area contributed by atoms with Crippen molar-refractivity contribution in [2.45, 2.75) is 20.8 Å². The van der Waals surface area contributed by atoms with Gasteiger partial charge in [-0.25, -0.2) is 0 Å². The van der Waals surface area contributed by atoms with Crippen LogP contribution in [0.4, 0.5) is 0 Å². The number of halogens is 1. The van der Waals surface area contributed by atoms with Crippen LogP contribution in [0.2, 0.25) is 0 Å². The zero-order chi connectivity index (χ0) is 14.0. The smallest absolute Gasteiger partial charge is 0.200 e. The van der Waals surface area contributed by atoms with E-state index in [-0.39, 0.29) is 5.78 Å². The molecule has 0 unspecified atom stereocenters. The van der Waals surface area contributed by atoms with E-state index in [4.69, 9.17) is 9.15 Å². The summed E-state index contributed by atoms with van der Waals surface area (Å²) >= 11 is 3.38. The Morgan fingerprint density at radius 3 is 2.58 bits per heavy atom. The summed E-state index contributed by atoms with van der Waals surface area (Å²) in [6.45, 7) is 6.03. The maximum Gasteiger partial charge on any atom is 0.200 e. The van der Waals surface area contributed by atoms with Crippen LogP contribution in [0.1, 0.15) is 34.4 Å². The minimum absolute atomic E-state index is 0.0842. The molecule has 1 aromatic heterocycles. The highest BCUT2D eigenvalue weighted by Crippen LogP contribution is 2.27. The number of furan rings is 1. The van der Waals surface area contributed by atoms with E-state index in [1.165, 1.54) is 0 Å². The standard InChI is InChI=1S/C15H15BrO3/c1-4-18-14-6-5-11(16)8-13(14)15(17)12-7-9(2)19-10(12)3/h5-8H,4H2,1-3H3. The van der Waals surface area contributed by atoms with Gasteiger partial charge in [-0.15, -0.1) is 0 Å². The molecule has 0 atom stereocenters. The number of carbonyl (C=O) groups is 1. The summed E-state index contributed by atoms with van der Waals surface area (Å²) in [6.07, 6.45) is 0. The molecule has 0 bridgehead atoms. The van der Waals surface area contributed by atoms with Crippen LogP contribution in [0.25, 0.3) is 0 Å². The molecule has 2 rings (SSSR count). The van der Waals surface area contributed by atoms with E-state index < -0.39 is 0 Å². The van der Waals surface area contributed by atoms with E-state index in [1.807, 2.05) is 19.9 Å². The quantitative estimate of drug-likeness (QED) is 0.788. The first-order valence-corrected chi connectivity index (χ1v) is 6.86. The van der Waals surface area contributed by atoms with Gasteiger partial charge < -0.3 is 9.15 Å². The number of carbonyl (C=O) groups excluding carboxylic acids is 1. The van der Waals surface area contributed by atoms with Gasteiger partial charge in [-0.1, -0.05) is 15.9 Å². The van der Waals surface area contributed by atoms with Crippen LogP contribution in [-0.2, 0) is 0 Å². The van der Waals surface area contributed by atoms with Crippen LogP contribution in [0, 0.1) is 13.8 Å². The van der Waals surface area contributed by atoms with Crippen LogP contribution in [0.3, 0.4) is 0 Å². The van der Waals surface area contributed by atoms with Crippen molar-refractivity contribution in [3.05, 3.63) is 51.4 Å². The Hall–Kier alpha value is -1.55. The molecule has 0 amide bonds. The SMILES string of the molecule is CCOc1ccc(Br)cc1C(=O)c1cc(C)oc1C. The van der Waals surface area contributed by atoms with Crippen molar-refractivity contribution in [3.8, 4) is 5.75 Å². The van der Waals surface area contributed by atoms with Crippen LogP contribution in [0.5, 0.6) is 5.75 Å². The maximum atomic E-state index is 12.6. The van der Waals surface area contributed by atoms with E-state index in [1.54, 1.807) is 25.1 Å². The second kappa shape index (κ2) is 5.61. The largest absolute Gasteiger partial charge is 0.493 e. The maximum absolute atomic E-state index is 12.6. The summed E-state index contributed by atoms with van der Waals surface area (Å²) in [7, 11) is 0. The van der Waals surface area contributed by atoms with Gasteiger partial charge in [0.05, 0.1) is 17.7 Å². The number of benzene rings is 1. The fourth-order valence-electron chi connectivity index (χ4n) is 1.96. The molecule has 0 aliphatic rings. The van der Waals surface area contributed by atoms with E-state index >= 15 is 0 Å². The normalized spacial score (nSPS) is 10.5. The number of hydrogen-bond acceptors (Lipinski definition) is 3. The lowest BCUT2D eigenvalue weighted by molar-refractivity contribution is 0.103. The first-order valence-electron chi connectivity index (χ1n) is 6.07. The molecular formula is C15H15BrO3. The molecule has 19 heavy (non-hydrogen) atoms. The molecule has 0 aliphatic carbocycles. The van der Waals surface area contributed by atoms with Crippen LogP contribution < -0.4 is 4.74 Å². The van der Waals surface area contributed by atoms with Crippen molar-refractivity contribution < 1.29 is 13.9 Å². The summed E-state index contributed by atoms with van der Waals surface area (Å²) in [6, 6.07) is 7.18. The fraction of sp³-hybridized carbons (Fsp3) is 0.267. The predicted molar refractivity (Wildman–Crippen MR) is 76.9 cm³/mol. The molecule has 0 saturated heterocycles. The first-order chi connectivity index (χ1) is 9.02. The van der Waals surface area contributed by atoms with E-state index in [0.717, 1.165) is 10.2 Å². The summed E-state index contributed by atoms with van der Waals surface area (Å²) in [5, 5.41) is 0. The van der Waals surface area contributed by atoms with Crippen LogP contribution in [-0.4, -0.2) is 12.4 Å². The number of aryl methyl sites for hydroxylation is 2. The third-order valence-electron chi connectivity index (χ3n) is 2.77. The molecule has 0 fully saturated rings. The molecule has 0 N–H and O–H groups in total. The average molecular weight is 323 g/mol. The number of ether oxygens (including phenoxy) is 1. The topological polar surface area (TPSA) is 39.4 Å². The van der Waals surface area contributed by atoms with Crippen LogP contribution >= 0.6 is 15.9 Å². The van der Waals surface area contributed by atoms with Crippen molar-refractivity contribution in [2.75, 3.05) is 6.61 Å². The molecule has 4 heteroatoms. The molecule has 0 radical (unpaired) electrons. The lowest BCUT2D eigenvalue weighted by Crippen LogP contribution is -2.05. The Morgan fingerprint density at radius 2 is 2.00 bits per heavy atom. The third-order valence-corrected chi connectivity index (χ3v) is 3.26. The van der Waals surface area contributed by atoms with Crippen molar-refractivity contribution >= 4 is 21.7 Å². The minimum atomic E-state index is -0.0842. The molecule has 0 spiro atoms. The highest BCUT2D eigenvalue weighted by Gasteiger charge is 2.19. The Kier molecular flexibility index (Phi) is 4.10. The zero-order valence-electron chi connectivity index (χ0n) is 11.1. The van der Waals surface area contributed by atoms with Crippen molar-refractivity contribution in [1.82, 2.24) is 0 Å². The average Bonchev–Trinajstić information content (AvgIpc) is 2.70. The highest BCUT2D eigenvalue weighted by atomic mass is 79.9. The van der Waals surface area contributed by atoms with Crippen molar-refractivity contribution in [1.29, 1.82) is 0 Å². The zero-order valence-corrected chi connectivity index (χ0v) is 12.7. The molecule has 100 valence electrons. The Morgan fingerprint density at radius 1 is 1.26 bits per heavy atom. The molecule has 3 nitrogen and oxygen atoms in total. The molecular weight excluding hydrogens is 308 g/mol. The van der Waals surface area contributed by atoms with Gasteiger partial charge in [0.25, 0.3) is 0 Å². The van der Waals surface area contributed by atoms with E-state index in [2.05, 4.69) is 15.9 Å². The first kappa shape index (κ1) is 13.9. The van der Waals surface area contributed by atoms with Gasteiger partial charge >= 0.3 is 0 Å². The van der Waals surface area contributed by atoms with Gasteiger partial charge in [0.1, 0.15) is 17.3 Å². The van der Waals surface area contributed by atoms with Gasteiger partial charge in [-0.2, -0.15) is 0 Å². The van der Waals surface area contributed by atoms with Crippen LogP contribution in [0.15, 0.2) is 33.2 Å². The Balaban J connectivity index is 2.48. The summed E-state index contributed by atoms with van der Waals surface area (Å²) < 4.78 is 11.8. The van der Waals surface area contributed by atoms with Gasteiger partial charge in [0.15, 0.2) is 5.78 Å². The van der Waals surface area contributed by atoms with Crippen molar-refractivity contribution in [2.24, 2.45) is 0 Å². The van der Waals surface area contributed by atoms with Gasteiger partial charge in [0.2, 0.25) is 0 Å². The lowest BCUT2D eigenvalue weighted by atomic mass is 10.0. The minimum Gasteiger partial charge on any atom is -0.493 e. The number of rotatable bonds is 4.